The third-order valence-electron chi connectivity index (χ3n) is 3.16. The maximum atomic E-state index is 12.1. The lowest BCUT2D eigenvalue weighted by atomic mass is 10.2. The number of β-amino-alcohol motifs (C(OH)–C–C–N with tert-alkyl or cyclic N) is 1. The first-order chi connectivity index (χ1) is 9.92. The Hall–Kier alpha value is -2.30. The van der Waals surface area contributed by atoms with Crippen LogP contribution >= 0.6 is 11.6 Å². The van der Waals surface area contributed by atoms with Gasteiger partial charge in [0, 0.05) is 13.0 Å². The summed E-state index contributed by atoms with van der Waals surface area (Å²) in [6.45, 7) is -0.0711. The lowest BCUT2D eigenvalue weighted by Gasteiger charge is -2.21. The number of likely N-dealkylation sites (tertiary alicyclic amines) is 1. The zero-order chi connectivity index (χ0) is 15.6. The Bertz CT molecular complexity index is 628. The van der Waals surface area contributed by atoms with Crippen LogP contribution in [0.5, 0.6) is 0 Å². The van der Waals surface area contributed by atoms with Crippen LogP contribution in [0.25, 0.3) is 0 Å². The number of carbonyl (C=O) groups excluding carboxylic acids is 1. The van der Waals surface area contributed by atoms with Crippen molar-refractivity contribution in [2.75, 3.05) is 11.9 Å². The number of nitrogens with zero attached hydrogens (tertiary/aromatic N) is 2. The number of halogens is 1. The van der Waals surface area contributed by atoms with Gasteiger partial charge in [0.2, 0.25) is 0 Å². The molecule has 2 atom stereocenters. The number of nitrogens with one attached hydrogen (secondary N) is 1. The van der Waals surface area contributed by atoms with Gasteiger partial charge in [-0.3, -0.25) is 0 Å². The Balaban J connectivity index is 2.18. The van der Waals surface area contributed by atoms with Crippen LogP contribution in [-0.2, 0) is 4.79 Å². The molecule has 0 aliphatic carbocycles. The van der Waals surface area contributed by atoms with Crippen LogP contribution in [0.3, 0.4) is 0 Å². The smallest absolute Gasteiger partial charge is 0.326 e. The van der Waals surface area contributed by atoms with E-state index in [2.05, 4.69) is 5.32 Å². The SMILES string of the molecule is N#Cc1ccc(Cl)c(NC(=O)N2C[C@H](O)C[C@H]2C(=O)O)c1. The van der Waals surface area contributed by atoms with Crippen LogP contribution in [0.4, 0.5) is 10.5 Å². The third-order valence-corrected chi connectivity index (χ3v) is 3.49. The van der Waals surface area contributed by atoms with E-state index in [0.29, 0.717) is 5.56 Å². The zero-order valence-corrected chi connectivity index (χ0v) is 11.5. The highest BCUT2D eigenvalue weighted by Crippen LogP contribution is 2.25. The first kappa shape index (κ1) is 15.1. The molecule has 1 aromatic carbocycles. The number of aliphatic carboxylic acids is 1. The van der Waals surface area contributed by atoms with Gasteiger partial charge in [0.1, 0.15) is 6.04 Å². The molecule has 0 spiro atoms. The average Bonchev–Trinajstić information content (AvgIpc) is 2.83. The van der Waals surface area contributed by atoms with Crippen LogP contribution in [0.1, 0.15) is 12.0 Å². The molecule has 1 fully saturated rings. The van der Waals surface area contributed by atoms with Crippen molar-refractivity contribution >= 4 is 29.3 Å². The first-order valence-corrected chi connectivity index (χ1v) is 6.48. The van der Waals surface area contributed by atoms with Crippen molar-refractivity contribution in [3.63, 3.8) is 0 Å². The molecule has 7 nitrogen and oxygen atoms in total. The Morgan fingerprint density at radius 3 is 2.81 bits per heavy atom. The zero-order valence-electron chi connectivity index (χ0n) is 10.8. The van der Waals surface area contributed by atoms with Crippen molar-refractivity contribution in [3.05, 3.63) is 28.8 Å². The van der Waals surface area contributed by atoms with Crippen molar-refractivity contribution in [1.82, 2.24) is 4.90 Å². The number of urea groups is 1. The number of anilines is 1. The normalized spacial score (nSPS) is 20.9. The molecule has 0 saturated carbocycles. The summed E-state index contributed by atoms with van der Waals surface area (Å²) in [5, 5.41) is 30.1. The number of carbonyl (C=O) groups is 2. The summed E-state index contributed by atoms with van der Waals surface area (Å²) in [5.41, 5.74) is 0.525. The molecule has 1 aliphatic heterocycles. The summed E-state index contributed by atoms with van der Waals surface area (Å²) in [6, 6.07) is 4.49. The molecule has 2 amide bonds. The van der Waals surface area contributed by atoms with E-state index < -0.39 is 24.1 Å². The van der Waals surface area contributed by atoms with Crippen molar-refractivity contribution in [2.24, 2.45) is 0 Å². The van der Waals surface area contributed by atoms with Crippen molar-refractivity contribution < 1.29 is 19.8 Å². The summed E-state index contributed by atoms with van der Waals surface area (Å²) < 4.78 is 0. The third kappa shape index (κ3) is 3.24. The van der Waals surface area contributed by atoms with Crippen molar-refractivity contribution in [2.45, 2.75) is 18.6 Å². The van der Waals surface area contributed by atoms with Crippen LogP contribution in [0.2, 0.25) is 5.02 Å². The Labute approximate surface area is 125 Å². The molecule has 110 valence electrons. The number of amides is 2. The lowest BCUT2D eigenvalue weighted by molar-refractivity contribution is -0.141. The average molecular weight is 310 g/mol. The van der Waals surface area contributed by atoms with Gasteiger partial charge in [0.15, 0.2) is 0 Å². The monoisotopic (exact) mass is 309 g/mol. The summed E-state index contributed by atoms with van der Waals surface area (Å²) in [4.78, 5) is 24.2. The predicted octanol–water partition coefficient (Wildman–Crippen LogP) is 1.26. The Morgan fingerprint density at radius 2 is 2.19 bits per heavy atom. The highest BCUT2D eigenvalue weighted by atomic mass is 35.5. The van der Waals surface area contributed by atoms with Crippen LogP contribution in [-0.4, -0.2) is 45.8 Å². The summed E-state index contributed by atoms with van der Waals surface area (Å²) >= 11 is 5.92. The van der Waals surface area contributed by atoms with E-state index >= 15 is 0 Å². The van der Waals surface area contributed by atoms with Gasteiger partial charge >= 0.3 is 12.0 Å². The molecule has 1 heterocycles. The molecule has 1 aromatic rings. The molecule has 2 rings (SSSR count). The van der Waals surface area contributed by atoms with Gasteiger partial charge in [0.25, 0.3) is 0 Å². The minimum atomic E-state index is -1.18. The lowest BCUT2D eigenvalue weighted by Crippen LogP contribution is -2.43. The minimum Gasteiger partial charge on any atom is -0.480 e. The molecule has 0 radical (unpaired) electrons. The number of nitriles is 1. The minimum absolute atomic E-state index is 0.0191. The van der Waals surface area contributed by atoms with Crippen LogP contribution in [0.15, 0.2) is 18.2 Å². The molecular weight excluding hydrogens is 298 g/mol. The highest BCUT2D eigenvalue weighted by molar-refractivity contribution is 6.33. The summed E-state index contributed by atoms with van der Waals surface area (Å²) in [7, 11) is 0. The van der Waals surface area contributed by atoms with E-state index in [1.165, 1.54) is 18.2 Å². The summed E-state index contributed by atoms with van der Waals surface area (Å²) in [6.07, 6.45) is -0.896. The molecule has 0 bridgehead atoms. The van der Waals surface area contributed by atoms with Gasteiger partial charge in [-0.15, -0.1) is 0 Å². The Kier molecular flexibility index (Phi) is 4.31. The number of hydrogen-bond acceptors (Lipinski definition) is 4. The number of carboxylic acids is 1. The van der Waals surface area contributed by atoms with E-state index in [1.54, 1.807) is 0 Å². The number of aliphatic hydroxyl groups excluding tert-OH is 1. The number of hydrogen-bond donors (Lipinski definition) is 3. The predicted molar refractivity (Wildman–Crippen MR) is 73.9 cm³/mol. The number of rotatable bonds is 2. The van der Waals surface area contributed by atoms with Crippen molar-refractivity contribution in [3.8, 4) is 6.07 Å². The molecule has 21 heavy (non-hydrogen) atoms. The van der Waals surface area contributed by atoms with E-state index in [1.807, 2.05) is 6.07 Å². The van der Waals surface area contributed by atoms with E-state index in [9.17, 15) is 14.7 Å². The van der Waals surface area contributed by atoms with Gasteiger partial charge in [-0.05, 0) is 18.2 Å². The number of aliphatic hydroxyl groups is 1. The van der Waals surface area contributed by atoms with Crippen LogP contribution < -0.4 is 5.32 Å². The molecule has 0 unspecified atom stereocenters. The van der Waals surface area contributed by atoms with Gasteiger partial charge in [-0.1, -0.05) is 11.6 Å². The molecule has 0 aromatic heterocycles. The number of benzene rings is 1. The first-order valence-electron chi connectivity index (χ1n) is 6.10. The second-order valence-electron chi connectivity index (χ2n) is 4.63. The van der Waals surface area contributed by atoms with Gasteiger partial charge in [-0.25, -0.2) is 9.59 Å². The molecule has 8 heteroatoms. The van der Waals surface area contributed by atoms with E-state index in [4.69, 9.17) is 22.0 Å². The largest absolute Gasteiger partial charge is 0.480 e. The molecule has 1 aliphatic rings. The van der Waals surface area contributed by atoms with Crippen LogP contribution in [0, 0.1) is 11.3 Å². The molecular formula is C13H12ClN3O4. The van der Waals surface area contributed by atoms with E-state index in [0.717, 1.165) is 4.90 Å². The fraction of sp³-hybridized carbons (Fsp3) is 0.308. The second-order valence-corrected chi connectivity index (χ2v) is 5.04. The van der Waals surface area contributed by atoms with Gasteiger partial charge in [-0.2, -0.15) is 5.26 Å². The molecule has 1 saturated heterocycles. The van der Waals surface area contributed by atoms with Gasteiger partial charge in [0.05, 0.1) is 28.4 Å². The van der Waals surface area contributed by atoms with E-state index in [-0.39, 0.29) is 23.7 Å². The Morgan fingerprint density at radius 1 is 1.48 bits per heavy atom. The topological polar surface area (TPSA) is 114 Å². The molecule has 3 N–H and O–H groups in total. The van der Waals surface area contributed by atoms with Crippen molar-refractivity contribution in [1.29, 1.82) is 5.26 Å². The highest BCUT2D eigenvalue weighted by Gasteiger charge is 2.39. The fourth-order valence-corrected chi connectivity index (χ4v) is 2.31. The standard InChI is InChI=1S/C13H12ClN3O4/c14-9-2-1-7(5-15)3-10(9)16-13(21)17-6-8(18)4-11(17)12(19)20/h1-3,8,11,18H,4,6H2,(H,16,21)(H,19,20)/t8-,11+/m1/s1. The van der Waals surface area contributed by atoms with Gasteiger partial charge < -0.3 is 20.4 Å². The summed E-state index contributed by atoms with van der Waals surface area (Å²) in [5.74, 6) is -1.18. The fourth-order valence-electron chi connectivity index (χ4n) is 2.15. The maximum absolute atomic E-state index is 12.1. The maximum Gasteiger partial charge on any atom is 0.326 e. The quantitative estimate of drug-likeness (QED) is 0.761. The number of carboxylic acid groups (broad SMARTS) is 1. The second kappa shape index (κ2) is 5.99.